The number of nitrogens with zero attached hydrogens (tertiary/aromatic N) is 1. The highest BCUT2D eigenvalue weighted by atomic mass is 19.2. The minimum Gasteiger partial charge on any atom is -0.338 e. The van der Waals surface area contributed by atoms with Crippen molar-refractivity contribution in [3.8, 4) is 0 Å². The zero-order valence-electron chi connectivity index (χ0n) is 10.5. The van der Waals surface area contributed by atoms with Gasteiger partial charge in [0.05, 0.1) is 0 Å². The van der Waals surface area contributed by atoms with E-state index in [2.05, 4.69) is 5.32 Å². The fourth-order valence-electron chi connectivity index (χ4n) is 2.33. The molecular weight excluding hydrogens is 257 g/mol. The second-order valence-corrected chi connectivity index (χ2v) is 4.72. The van der Waals surface area contributed by atoms with Crippen LogP contribution in [-0.2, 0) is 0 Å². The Morgan fingerprint density at radius 2 is 2.00 bits per heavy atom. The number of nitrogens with one attached hydrogen (secondary N) is 1. The van der Waals surface area contributed by atoms with Gasteiger partial charge in [0.2, 0.25) is 0 Å². The second-order valence-electron chi connectivity index (χ2n) is 4.72. The monoisotopic (exact) mass is 272 g/mol. The largest absolute Gasteiger partial charge is 0.338 e. The zero-order chi connectivity index (χ0) is 14.0. The van der Waals surface area contributed by atoms with Gasteiger partial charge < -0.3 is 10.2 Å². The minimum absolute atomic E-state index is 0.151. The van der Waals surface area contributed by atoms with E-state index in [0.29, 0.717) is 19.0 Å². The Hall–Kier alpha value is -1.56. The zero-order valence-corrected chi connectivity index (χ0v) is 10.5. The maximum Gasteiger partial charge on any atom is 0.254 e. The summed E-state index contributed by atoms with van der Waals surface area (Å²) in [6, 6.07) is 1.48. The molecule has 1 saturated heterocycles. The Morgan fingerprint density at radius 1 is 1.37 bits per heavy atom. The summed E-state index contributed by atoms with van der Waals surface area (Å²) in [5.74, 6) is -4.35. The van der Waals surface area contributed by atoms with Crippen LogP contribution < -0.4 is 5.32 Å². The third-order valence-electron chi connectivity index (χ3n) is 3.30. The third-order valence-corrected chi connectivity index (χ3v) is 3.30. The van der Waals surface area contributed by atoms with E-state index >= 15 is 0 Å². The molecule has 1 aliphatic heterocycles. The molecule has 0 spiro atoms. The van der Waals surface area contributed by atoms with E-state index in [-0.39, 0.29) is 5.56 Å². The maximum atomic E-state index is 13.1. The first-order chi connectivity index (χ1) is 9.02. The molecule has 1 aliphatic rings. The molecule has 1 amide bonds. The Kier molecular flexibility index (Phi) is 4.09. The van der Waals surface area contributed by atoms with Gasteiger partial charge in [0.25, 0.3) is 5.91 Å². The molecule has 1 fully saturated rings. The van der Waals surface area contributed by atoms with Crippen molar-refractivity contribution in [3.05, 3.63) is 35.1 Å². The van der Waals surface area contributed by atoms with Crippen molar-refractivity contribution in [2.45, 2.75) is 6.42 Å². The fraction of sp³-hybridized carbons (Fsp3) is 0.462. The van der Waals surface area contributed by atoms with Gasteiger partial charge in [0.15, 0.2) is 17.5 Å². The highest BCUT2D eigenvalue weighted by Gasteiger charge is 2.27. The van der Waals surface area contributed by atoms with Crippen LogP contribution in [0.25, 0.3) is 0 Å². The number of hydrogen-bond acceptors (Lipinski definition) is 2. The van der Waals surface area contributed by atoms with Gasteiger partial charge in [-0.2, -0.15) is 0 Å². The number of benzene rings is 1. The first-order valence-corrected chi connectivity index (χ1v) is 6.11. The number of carbonyl (C=O) groups excluding carboxylic acids is 1. The van der Waals surface area contributed by atoms with E-state index in [1.54, 1.807) is 0 Å². The van der Waals surface area contributed by atoms with Crippen LogP contribution in [-0.4, -0.2) is 37.5 Å². The molecule has 1 heterocycles. The second kappa shape index (κ2) is 5.61. The molecule has 0 radical (unpaired) electrons. The lowest BCUT2D eigenvalue weighted by Crippen LogP contribution is -2.30. The number of halogens is 3. The number of carbonyl (C=O) groups is 1. The minimum atomic E-state index is -1.55. The third kappa shape index (κ3) is 2.89. The van der Waals surface area contributed by atoms with Crippen molar-refractivity contribution >= 4 is 5.91 Å². The summed E-state index contributed by atoms with van der Waals surface area (Å²) in [5, 5.41) is 3.03. The van der Waals surface area contributed by atoms with Crippen molar-refractivity contribution in [1.29, 1.82) is 0 Å². The first kappa shape index (κ1) is 13.9. The van der Waals surface area contributed by atoms with E-state index in [4.69, 9.17) is 0 Å². The van der Waals surface area contributed by atoms with Gasteiger partial charge in [0.1, 0.15) is 0 Å². The van der Waals surface area contributed by atoms with Crippen LogP contribution >= 0.6 is 0 Å². The van der Waals surface area contributed by atoms with E-state index in [1.807, 2.05) is 7.05 Å². The van der Waals surface area contributed by atoms with E-state index in [9.17, 15) is 18.0 Å². The summed E-state index contributed by atoms with van der Waals surface area (Å²) < 4.78 is 39.0. The lowest BCUT2D eigenvalue weighted by atomic mass is 10.1. The SMILES string of the molecule is CNC[C@H]1CCN(C(=O)c2cc(F)c(F)c(F)c2)C1. The Bertz CT molecular complexity index is 470. The number of hydrogen-bond donors (Lipinski definition) is 1. The van der Waals surface area contributed by atoms with Gasteiger partial charge in [-0.1, -0.05) is 0 Å². The van der Waals surface area contributed by atoms with Crippen molar-refractivity contribution < 1.29 is 18.0 Å². The molecular formula is C13H15F3N2O. The summed E-state index contributed by atoms with van der Waals surface area (Å²) in [5.41, 5.74) is -0.151. The van der Waals surface area contributed by atoms with Crippen LogP contribution in [0.1, 0.15) is 16.8 Å². The molecule has 6 heteroatoms. The summed E-state index contributed by atoms with van der Waals surface area (Å²) in [6.45, 7) is 1.88. The van der Waals surface area contributed by atoms with Crippen LogP contribution in [0, 0.1) is 23.4 Å². The predicted molar refractivity (Wildman–Crippen MR) is 64.3 cm³/mol. The molecule has 3 nitrogen and oxygen atoms in total. The van der Waals surface area contributed by atoms with Crippen molar-refractivity contribution in [3.63, 3.8) is 0 Å². The lowest BCUT2D eigenvalue weighted by molar-refractivity contribution is 0.0786. The van der Waals surface area contributed by atoms with E-state index in [0.717, 1.165) is 25.1 Å². The molecule has 104 valence electrons. The molecule has 0 unspecified atom stereocenters. The summed E-state index contributed by atoms with van der Waals surface area (Å²) >= 11 is 0. The van der Waals surface area contributed by atoms with Crippen molar-refractivity contribution in [1.82, 2.24) is 10.2 Å². The molecule has 19 heavy (non-hydrogen) atoms. The Morgan fingerprint density at radius 3 is 2.58 bits per heavy atom. The van der Waals surface area contributed by atoms with E-state index in [1.165, 1.54) is 4.90 Å². The molecule has 1 aromatic rings. The normalized spacial score (nSPS) is 18.9. The Labute approximate surface area is 109 Å². The topological polar surface area (TPSA) is 32.3 Å². The van der Waals surface area contributed by atoms with Crippen LogP contribution in [0.2, 0.25) is 0 Å². The average Bonchev–Trinajstić information content (AvgIpc) is 2.83. The molecule has 1 aromatic carbocycles. The van der Waals surface area contributed by atoms with Gasteiger partial charge >= 0.3 is 0 Å². The maximum absolute atomic E-state index is 13.1. The van der Waals surface area contributed by atoms with E-state index < -0.39 is 23.4 Å². The highest BCUT2D eigenvalue weighted by Crippen LogP contribution is 2.20. The highest BCUT2D eigenvalue weighted by molar-refractivity contribution is 5.94. The summed E-state index contributed by atoms with van der Waals surface area (Å²) in [4.78, 5) is 13.6. The van der Waals surface area contributed by atoms with Crippen LogP contribution in [0.5, 0.6) is 0 Å². The number of amides is 1. The van der Waals surface area contributed by atoms with Crippen molar-refractivity contribution in [2.24, 2.45) is 5.92 Å². The van der Waals surface area contributed by atoms with Gasteiger partial charge in [-0.3, -0.25) is 4.79 Å². The standard InChI is InChI=1S/C13H15F3N2O/c1-17-6-8-2-3-18(7-8)13(19)9-4-10(14)12(16)11(15)5-9/h4-5,8,17H,2-3,6-7H2,1H3/t8-/m1/s1. The molecule has 0 aromatic heterocycles. The van der Waals surface area contributed by atoms with Gasteiger partial charge in [0, 0.05) is 18.7 Å². The molecule has 1 atom stereocenters. The van der Waals surface area contributed by atoms with Gasteiger partial charge in [-0.15, -0.1) is 0 Å². The smallest absolute Gasteiger partial charge is 0.254 e. The predicted octanol–water partition coefficient (Wildman–Crippen LogP) is 1.79. The molecule has 1 N–H and O–H groups in total. The van der Waals surface area contributed by atoms with Gasteiger partial charge in [-0.05, 0) is 38.1 Å². The van der Waals surface area contributed by atoms with Crippen LogP contribution in [0.3, 0.4) is 0 Å². The van der Waals surface area contributed by atoms with Crippen molar-refractivity contribution in [2.75, 3.05) is 26.7 Å². The molecule has 0 saturated carbocycles. The van der Waals surface area contributed by atoms with Crippen LogP contribution in [0.4, 0.5) is 13.2 Å². The summed E-state index contributed by atoms with van der Waals surface area (Å²) in [6.07, 6.45) is 0.846. The molecule has 0 aliphatic carbocycles. The molecule has 2 rings (SSSR count). The number of rotatable bonds is 3. The Balaban J connectivity index is 2.13. The quantitative estimate of drug-likeness (QED) is 0.851. The van der Waals surface area contributed by atoms with Gasteiger partial charge in [-0.25, -0.2) is 13.2 Å². The lowest BCUT2D eigenvalue weighted by Gasteiger charge is -2.16. The summed E-state index contributed by atoms with van der Waals surface area (Å²) in [7, 11) is 1.83. The first-order valence-electron chi connectivity index (χ1n) is 6.11. The average molecular weight is 272 g/mol. The number of likely N-dealkylation sites (tertiary alicyclic amines) is 1. The fourth-order valence-corrected chi connectivity index (χ4v) is 2.33. The van der Waals surface area contributed by atoms with Crippen LogP contribution in [0.15, 0.2) is 12.1 Å². The molecule has 0 bridgehead atoms.